The standard InChI is InChI=1S/C19H22N4O4S/c1-13-7-6-9-15(23(26)27)19(13)21-18(25)12-22(2)11-17(24)20-14-8-4-5-10-16(14)28-3/h4-10H,11-12H2,1-3H3,(H,20,24)(H,21,25)/p+1. The van der Waals surface area contributed by atoms with Crippen molar-refractivity contribution in [1.82, 2.24) is 0 Å². The van der Waals surface area contributed by atoms with E-state index in [2.05, 4.69) is 10.6 Å². The fourth-order valence-electron chi connectivity index (χ4n) is 2.70. The second-order valence-electron chi connectivity index (χ2n) is 6.33. The molecule has 0 spiro atoms. The number of quaternary nitrogens is 1. The number of aryl methyl sites for hydroxylation is 1. The molecule has 0 heterocycles. The van der Waals surface area contributed by atoms with Crippen LogP contribution in [0.5, 0.6) is 0 Å². The molecule has 1 atom stereocenters. The Kier molecular flexibility index (Phi) is 7.53. The molecule has 0 radical (unpaired) electrons. The SMILES string of the molecule is CSc1ccccc1NC(=O)C[NH+](C)CC(=O)Nc1c(C)cccc1[N+](=O)[O-]. The molecule has 9 heteroatoms. The molecule has 2 aromatic carbocycles. The number of thioether (sulfide) groups is 1. The Morgan fingerprint density at radius 1 is 1.07 bits per heavy atom. The first-order chi connectivity index (χ1) is 13.3. The van der Waals surface area contributed by atoms with Crippen molar-refractivity contribution < 1.29 is 19.4 Å². The molecule has 0 aliphatic carbocycles. The maximum absolute atomic E-state index is 12.3. The van der Waals surface area contributed by atoms with Crippen molar-refractivity contribution in [3.05, 3.63) is 58.1 Å². The predicted octanol–water partition coefficient (Wildman–Crippen LogP) is 1.72. The molecule has 0 aromatic heterocycles. The molecule has 0 saturated carbocycles. The topological polar surface area (TPSA) is 106 Å². The van der Waals surface area contributed by atoms with Crippen molar-refractivity contribution in [3.8, 4) is 0 Å². The van der Waals surface area contributed by atoms with E-state index in [-0.39, 0.29) is 30.4 Å². The Labute approximate surface area is 167 Å². The number of carbonyl (C=O) groups excluding carboxylic acids is 2. The Bertz CT molecular complexity index is 888. The largest absolute Gasteiger partial charge is 0.322 e. The van der Waals surface area contributed by atoms with Gasteiger partial charge in [0.15, 0.2) is 13.1 Å². The normalized spacial score (nSPS) is 11.5. The van der Waals surface area contributed by atoms with E-state index in [1.165, 1.54) is 17.8 Å². The van der Waals surface area contributed by atoms with Gasteiger partial charge in [-0.05, 0) is 30.9 Å². The van der Waals surface area contributed by atoms with Crippen molar-refractivity contribution in [1.29, 1.82) is 0 Å². The van der Waals surface area contributed by atoms with Gasteiger partial charge >= 0.3 is 0 Å². The molecule has 0 saturated heterocycles. The lowest BCUT2D eigenvalue weighted by molar-refractivity contribution is -0.862. The highest BCUT2D eigenvalue weighted by Crippen LogP contribution is 2.27. The molecule has 2 rings (SSSR count). The molecule has 8 nitrogen and oxygen atoms in total. The quantitative estimate of drug-likeness (QED) is 0.354. The van der Waals surface area contributed by atoms with Crippen molar-refractivity contribution >= 4 is 40.6 Å². The number of benzene rings is 2. The molecular weight excluding hydrogens is 380 g/mol. The van der Waals surface area contributed by atoms with E-state index in [1.807, 2.05) is 30.5 Å². The number of nitrogens with zero attached hydrogens (tertiary/aromatic N) is 1. The highest BCUT2D eigenvalue weighted by molar-refractivity contribution is 7.98. The average Bonchev–Trinajstić information content (AvgIpc) is 2.63. The molecule has 0 fully saturated rings. The number of hydrogen-bond acceptors (Lipinski definition) is 5. The van der Waals surface area contributed by atoms with Gasteiger partial charge in [0.2, 0.25) is 0 Å². The van der Waals surface area contributed by atoms with Crippen LogP contribution in [0, 0.1) is 17.0 Å². The number of anilines is 2. The summed E-state index contributed by atoms with van der Waals surface area (Å²) in [5.41, 5.74) is 1.36. The number of para-hydroxylation sites is 2. The maximum Gasteiger partial charge on any atom is 0.293 e. The first-order valence-corrected chi connectivity index (χ1v) is 9.82. The van der Waals surface area contributed by atoms with Crippen molar-refractivity contribution in [2.45, 2.75) is 11.8 Å². The minimum Gasteiger partial charge on any atom is -0.322 e. The van der Waals surface area contributed by atoms with E-state index in [0.717, 1.165) is 10.6 Å². The van der Waals surface area contributed by atoms with E-state index in [1.54, 1.807) is 26.1 Å². The summed E-state index contributed by atoms with van der Waals surface area (Å²) < 4.78 is 0. The van der Waals surface area contributed by atoms with Crippen LogP contribution in [-0.4, -0.2) is 43.1 Å². The fourth-order valence-corrected chi connectivity index (χ4v) is 3.26. The lowest BCUT2D eigenvalue weighted by Crippen LogP contribution is -3.11. The van der Waals surface area contributed by atoms with Gasteiger partial charge in [0.1, 0.15) is 5.69 Å². The number of nitrogens with one attached hydrogen (secondary N) is 3. The van der Waals surface area contributed by atoms with E-state index in [0.29, 0.717) is 10.5 Å². The van der Waals surface area contributed by atoms with Gasteiger partial charge in [-0.1, -0.05) is 24.3 Å². The molecular formula is C19H23N4O4S+. The van der Waals surface area contributed by atoms with Crippen LogP contribution in [0.2, 0.25) is 0 Å². The van der Waals surface area contributed by atoms with E-state index >= 15 is 0 Å². The van der Waals surface area contributed by atoms with Crippen LogP contribution >= 0.6 is 11.8 Å². The number of hydrogen-bond donors (Lipinski definition) is 3. The molecule has 0 aliphatic heterocycles. The van der Waals surface area contributed by atoms with Crippen LogP contribution in [0.1, 0.15) is 5.56 Å². The second kappa shape index (κ2) is 9.86. The van der Waals surface area contributed by atoms with Crippen LogP contribution in [-0.2, 0) is 9.59 Å². The fraction of sp³-hybridized carbons (Fsp3) is 0.263. The van der Waals surface area contributed by atoms with E-state index in [4.69, 9.17) is 0 Å². The summed E-state index contributed by atoms with van der Waals surface area (Å²) >= 11 is 1.53. The minimum absolute atomic E-state index is 0.00306. The third kappa shape index (κ3) is 5.80. The van der Waals surface area contributed by atoms with Gasteiger partial charge in [-0.3, -0.25) is 19.7 Å². The van der Waals surface area contributed by atoms with Gasteiger partial charge in [-0.2, -0.15) is 0 Å². The highest BCUT2D eigenvalue weighted by Gasteiger charge is 2.20. The smallest absolute Gasteiger partial charge is 0.293 e. The summed E-state index contributed by atoms with van der Waals surface area (Å²) in [4.78, 5) is 36.8. The number of carbonyl (C=O) groups is 2. The number of nitro benzene ring substituents is 1. The molecule has 148 valence electrons. The lowest BCUT2D eigenvalue weighted by atomic mass is 10.1. The van der Waals surface area contributed by atoms with Crippen molar-refractivity contribution in [3.63, 3.8) is 0 Å². The first-order valence-electron chi connectivity index (χ1n) is 8.59. The van der Waals surface area contributed by atoms with Gasteiger partial charge < -0.3 is 15.5 Å². The molecule has 2 amide bonds. The first kappa shape index (κ1) is 21.4. The molecule has 1 unspecified atom stereocenters. The zero-order valence-corrected chi connectivity index (χ0v) is 16.8. The van der Waals surface area contributed by atoms with Crippen LogP contribution in [0.3, 0.4) is 0 Å². The summed E-state index contributed by atoms with van der Waals surface area (Å²) in [6.07, 6.45) is 1.93. The number of rotatable bonds is 8. The molecule has 28 heavy (non-hydrogen) atoms. The average molecular weight is 403 g/mol. The maximum atomic E-state index is 12.3. The summed E-state index contributed by atoms with van der Waals surface area (Å²) in [6.45, 7) is 1.78. The third-order valence-corrected chi connectivity index (χ3v) is 4.81. The highest BCUT2D eigenvalue weighted by atomic mass is 32.2. The summed E-state index contributed by atoms with van der Waals surface area (Å²) in [5, 5.41) is 16.6. The van der Waals surface area contributed by atoms with Crippen LogP contribution < -0.4 is 15.5 Å². The van der Waals surface area contributed by atoms with Gasteiger partial charge in [-0.25, -0.2) is 0 Å². The summed E-state index contributed by atoms with van der Waals surface area (Å²) in [7, 11) is 1.71. The zero-order chi connectivity index (χ0) is 20.7. The monoisotopic (exact) mass is 403 g/mol. The van der Waals surface area contributed by atoms with Crippen molar-refractivity contribution in [2.24, 2.45) is 0 Å². The van der Waals surface area contributed by atoms with Gasteiger partial charge in [0.05, 0.1) is 17.7 Å². The second-order valence-corrected chi connectivity index (χ2v) is 7.18. The van der Waals surface area contributed by atoms with E-state index < -0.39 is 10.8 Å². The lowest BCUT2D eigenvalue weighted by Gasteiger charge is -2.15. The molecule has 3 N–H and O–H groups in total. The summed E-state index contributed by atoms with van der Waals surface area (Å²) in [5.74, 6) is -0.610. The number of amides is 2. The molecule has 0 bridgehead atoms. The minimum atomic E-state index is -0.532. The number of nitro groups is 1. The Hall–Kier alpha value is -2.91. The van der Waals surface area contributed by atoms with Crippen LogP contribution in [0.25, 0.3) is 0 Å². The Balaban J connectivity index is 1.94. The Morgan fingerprint density at radius 2 is 1.71 bits per heavy atom. The molecule has 0 aliphatic rings. The van der Waals surface area contributed by atoms with Crippen LogP contribution in [0.4, 0.5) is 17.1 Å². The van der Waals surface area contributed by atoms with Gasteiger partial charge in [0.25, 0.3) is 17.5 Å². The number of likely N-dealkylation sites (N-methyl/N-ethyl adjacent to an activating group) is 1. The predicted molar refractivity (Wildman–Crippen MR) is 110 cm³/mol. The third-order valence-electron chi connectivity index (χ3n) is 4.02. The summed E-state index contributed by atoms with van der Waals surface area (Å²) in [6, 6.07) is 12.1. The van der Waals surface area contributed by atoms with Crippen molar-refractivity contribution in [2.75, 3.05) is 37.0 Å². The zero-order valence-electron chi connectivity index (χ0n) is 15.9. The van der Waals surface area contributed by atoms with Gasteiger partial charge in [0, 0.05) is 11.0 Å². The van der Waals surface area contributed by atoms with E-state index in [9.17, 15) is 19.7 Å². The Morgan fingerprint density at radius 3 is 2.36 bits per heavy atom. The van der Waals surface area contributed by atoms with Crippen LogP contribution in [0.15, 0.2) is 47.4 Å². The molecule has 2 aromatic rings. The van der Waals surface area contributed by atoms with Gasteiger partial charge in [-0.15, -0.1) is 11.8 Å².